The summed E-state index contributed by atoms with van der Waals surface area (Å²) in [6.45, 7) is 3.75. The third kappa shape index (κ3) is 4.61. The van der Waals surface area contributed by atoms with E-state index >= 15 is 0 Å². The summed E-state index contributed by atoms with van der Waals surface area (Å²) < 4.78 is 12.8. The van der Waals surface area contributed by atoms with Crippen LogP contribution in [0.1, 0.15) is 34.1 Å². The second kappa shape index (κ2) is 9.57. The zero-order valence-corrected chi connectivity index (χ0v) is 19.7. The second-order valence-corrected chi connectivity index (χ2v) is 8.29. The summed E-state index contributed by atoms with van der Waals surface area (Å²) in [6, 6.07) is 17.5. The number of halogens is 1. The number of fused-ring (bicyclic) bond motifs is 1. The first kappa shape index (κ1) is 23.3. The molecule has 174 valence electrons. The number of hydrogen-bond donors (Lipinski definition) is 1. The summed E-state index contributed by atoms with van der Waals surface area (Å²) in [6.07, 6.45) is -0.973. The van der Waals surface area contributed by atoms with Gasteiger partial charge in [0.2, 0.25) is 5.88 Å². The minimum atomic E-state index is -1.04. The van der Waals surface area contributed by atoms with Crippen LogP contribution in [0, 0.1) is 6.92 Å². The summed E-state index contributed by atoms with van der Waals surface area (Å²) in [5, 5.41) is 10.4. The van der Waals surface area contributed by atoms with Crippen LogP contribution in [0.4, 0.5) is 0 Å². The Morgan fingerprint density at radius 1 is 1.12 bits per heavy atom. The highest BCUT2D eigenvalue weighted by Crippen LogP contribution is 2.30. The average Bonchev–Trinajstić information content (AvgIpc) is 3.09. The third-order valence-corrected chi connectivity index (χ3v) is 5.84. The van der Waals surface area contributed by atoms with Crippen LogP contribution in [0.2, 0.25) is 5.02 Å². The number of aliphatic carboxylic acids is 1. The van der Waals surface area contributed by atoms with Crippen molar-refractivity contribution in [1.82, 2.24) is 9.55 Å². The van der Waals surface area contributed by atoms with Crippen molar-refractivity contribution in [3.8, 4) is 11.6 Å². The van der Waals surface area contributed by atoms with Crippen LogP contribution in [0.15, 0.2) is 60.7 Å². The molecular weight excluding hydrogens is 456 g/mol. The van der Waals surface area contributed by atoms with Crippen LogP contribution in [-0.2, 0) is 11.3 Å². The van der Waals surface area contributed by atoms with E-state index in [2.05, 4.69) is 4.98 Å². The molecule has 0 fully saturated rings. The predicted molar refractivity (Wildman–Crippen MR) is 129 cm³/mol. The number of aromatic nitrogens is 2. The molecule has 0 spiro atoms. The van der Waals surface area contributed by atoms with Gasteiger partial charge in [0, 0.05) is 34.3 Å². The maximum atomic E-state index is 13.5. The van der Waals surface area contributed by atoms with Gasteiger partial charge in [-0.05, 0) is 61.9 Å². The van der Waals surface area contributed by atoms with Crippen LogP contribution in [-0.4, -0.2) is 39.6 Å². The molecule has 8 heteroatoms. The number of benzene rings is 2. The summed E-state index contributed by atoms with van der Waals surface area (Å²) in [4.78, 5) is 29.2. The van der Waals surface area contributed by atoms with Crippen LogP contribution >= 0.6 is 11.6 Å². The molecule has 2 heterocycles. The number of carboxylic acids is 1. The molecule has 34 heavy (non-hydrogen) atoms. The van der Waals surface area contributed by atoms with E-state index in [4.69, 9.17) is 26.2 Å². The molecule has 0 saturated carbocycles. The first-order chi connectivity index (χ1) is 16.3. The van der Waals surface area contributed by atoms with Crippen LogP contribution in [0.5, 0.6) is 11.6 Å². The third-order valence-electron chi connectivity index (χ3n) is 5.58. The lowest BCUT2D eigenvalue weighted by Gasteiger charge is -2.13. The van der Waals surface area contributed by atoms with Crippen molar-refractivity contribution in [3.63, 3.8) is 0 Å². The molecule has 2 aromatic carbocycles. The van der Waals surface area contributed by atoms with E-state index < -0.39 is 12.1 Å². The van der Waals surface area contributed by atoms with Crippen molar-refractivity contribution in [2.24, 2.45) is 0 Å². The van der Waals surface area contributed by atoms with Gasteiger partial charge in [-0.15, -0.1) is 0 Å². The summed E-state index contributed by atoms with van der Waals surface area (Å²) in [5.41, 5.74) is 3.31. The number of nitrogens with zero attached hydrogens (tertiary/aromatic N) is 2. The number of pyridine rings is 1. The minimum Gasteiger partial charge on any atom is -0.481 e. The average molecular weight is 479 g/mol. The van der Waals surface area contributed by atoms with Crippen molar-refractivity contribution in [2.75, 3.05) is 7.11 Å². The highest BCUT2D eigenvalue weighted by molar-refractivity contribution is 6.30. The molecule has 0 amide bonds. The summed E-state index contributed by atoms with van der Waals surface area (Å²) >= 11 is 6.00. The highest BCUT2D eigenvalue weighted by atomic mass is 35.5. The summed E-state index contributed by atoms with van der Waals surface area (Å²) in [7, 11) is 1.54. The van der Waals surface area contributed by atoms with E-state index in [0.29, 0.717) is 45.4 Å². The number of carbonyl (C=O) groups is 2. The zero-order chi connectivity index (χ0) is 24.4. The van der Waals surface area contributed by atoms with Crippen molar-refractivity contribution in [2.45, 2.75) is 26.5 Å². The number of methoxy groups -OCH3 is 1. The van der Waals surface area contributed by atoms with Gasteiger partial charge >= 0.3 is 5.97 Å². The Hall–Kier alpha value is -3.84. The Morgan fingerprint density at radius 2 is 1.85 bits per heavy atom. The maximum Gasteiger partial charge on any atom is 0.344 e. The highest BCUT2D eigenvalue weighted by Gasteiger charge is 2.23. The minimum absolute atomic E-state index is 0.128. The van der Waals surface area contributed by atoms with Gasteiger partial charge in [0.15, 0.2) is 11.9 Å². The Bertz CT molecular complexity index is 1380. The number of ketones is 1. The van der Waals surface area contributed by atoms with Gasteiger partial charge in [-0.25, -0.2) is 4.79 Å². The SMILES string of the molecule is COc1ccc2c(C(=O)c3ccc(Cl)cc3)c(C)n(Cc3cccc(O[C@@H](C)C(=O)O)c3)c2n1. The molecule has 0 radical (unpaired) electrons. The molecular formula is C26H23ClN2O5. The Kier molecular flexibility index (Phi) is 6.56. The molecule has 1 N–H and O–H groups in total. The van der Waals surface area contributed by atoms with Gasteiger partial charge in [-0.1, -0.05) is 23.7 Å². The fraction of sp³-hybridized carbons (Fsp3) is 0.192. The van der Waals surface area contributed by atoms with Gasteiger partial charge in [0.05, 0.1) is 12.7 Å². The zero-order valence-electron chi connectivity index (χ0n) is 18.9. The van der Waals surface area contributed by atoms with Crippen LogP contribution in [0.3, 0.4) is 0 Å². The molecule has 0 unspecified atom stereocenters. The number of rotatable bonds is 8. The van der Waals surface area contributed by atoms with Crippen LogP contribution in [0.25, 0.3) is 11.0 Å². The fourth-order valence-electron chi connectivity index (χ4n) is 3.81. The van der Waals surface area contributed by atoms with Crippen molar-refractivity contribution in [3.05, 3.63) is 88.1 Å². The Labute approximate surface area is 201 Å². The molecule has 1 atom stereocenters. The van der Waals surface area contributed by atoms with E-state index in [0.717, 1.165) is 11.3 Å². The van der Waals surface area contributed by atoms with Gasteiger partial charge in [-0.3, -0.25) is 4.79 Å². The molecule has 0 saturated heterocycles. The number of hydrogen-bond acceptors (Lipinski definition) is 5. The molecule has 4 aromatic rings. The number of carbonyl (C=O) groups excluding carboxylic acids is 1. The lowest BCUT2D eigenvalue weighted by molar-refractivity contribution is -0.144. The predicted octanol–water partition coefficient (Wildman–Crippen LogP) is 5.14. The quantitative estimate of drug-likeness (QED) is 0.353. The van der Waals surface area contributed by atoms with E-state index in [9.17, 15) is 9.59 Å². The smallest absolute Gasteiger partial charge is 0.344 e. The summed E-state index contributed by atoms with van der Waals surface area (Å²) in [5.74, 6) is -0.287. The monoisotopic (exact) mass is 478 g/mol. The molecule has 4 rings (SSSR count). The van der Waals surface area contributed by atoms with Gasteiger partial charge in [-0.2, -0.15) is 4.98 Å². The Balaban J connectivity index is 1.79. The molecule has 2 aromatic heterocycles. The number of carboxylic acid groups (broad SMARTS) is 1. The second-order valence-electron chi connectivity index (χ2n) is 7.85. The van der Waals surface area contributed by atoms with Crippen molar-refractivity contribution < 1.29 is 24.2 Å². The molecule has 0 aliphatic heterocycles. The van der Waals surface area contributed by atoms with Crippen molar-refractivity contribution in [1.29, 1.82) is 0 Å². The molecule has 0 aliphatic carbocycles. The van der Waals surface area contributed by atoms with Crippen LogP contribution < -0.4 is 9.47 Å². The van der Waals surface area contributed by atoms with Crippen molar-refractivity contribution >= 4 is 34.4 Å². The van der Waals surface area contributed by atoms with Gasteiger partial charge in [0.1, 0.15) is 11.4 Å². The molecule has 0 bridgehead atoms. The first-order valence-corrected chi connectivity index (χ1v) is 11.0. The molecule has 0 aliphatic rings. The Morgan fingerprint density at radius 3 is 2.53 bits per heavy atom. The van der Waals surface area contributed by atoms with E-state index in [1.165, 1.54) is 6.92 Å². The topological polar surface area (TPSA) is 90.7 Å². The first-order valence-electron chi connectivity index (χ1n) is 10.6. The van der Waals surface area contributed by atoms with E-state index in [1.807, 2.05) is 23.6 Å². The lowest BCUT2D eigenvalue weighted by atomic mass is 10.0. The number of ether oxygens (including phenoxy) is 2. The lowest BCUT2D eigenvalue weighted by Crippen LogP contribution is -2.22. The van der Waals surface area contributed by atoms with E-state index in [1.54, 1.807) is 55.6 Å². The maximum absolute atomic E-state index is 13.5. The standard InChI is InChI=1S/C26H23ClN2O5/c1-15-23(24(30)18-7-9-19(27)10-8-18)21-11-12-22(33-3)28-25(21)29(15)14-17-5-4-6-20(13-17)34-16(2)26(31)32/h4-13,16H,14H2,1-3H3,(H,31,32)/t16-/m0/s1. The molecule has 7 nitrogen and oxygen atoms in total. The van der Waals surface area contributed by atoms with Gasteiger partial charge in [0.25, 0.3) is 0 Å². The van der Waals surface area contributed by atoms with Gasteiger partial charge < -0.3 is 19.1 Å². The van der Waals surface area contributed by atoms with E-state index in [-0.39, 0.29) is 5.78 Å². The fourth-order valence-corrected chi connectivity index (χ4v) is 3.94. The largest absolute Gasteiger partial charge is 0.481 e. The normalized spacial score (nSPS) is 11.9.